The van der Waals surface area contributed by atoms with E-state index in [0.29, 0.717) is 24.6 Å². The van der Waals surface area contributed by atoms with Crippen molar-refractivity contribution < 1.29 is 9.90 Å². The maximum atomic E-state index is 13.8. The van der Waals surface area contributed by atoms with Gasteiger partial charge in [-0.25, -0.2) is 4.98 Å². The smallest absolute Gasteiger partial charge is 0.274 e. The van der Waals surface area contributed by atoms with Gasteiger partial charge in [0, 0.05) is 30.6 Å². The standard InChI is InChI=1S/C26H29N3O2/c30-25(23-22-12-6-7-16-28(22)24(27-23)18-13-14-18)29-17-15-26(31,19-8-2-1-3-9-19)20-10-4-5-11-21(20)29/h1-3,6-9,12,16,18,20-21,31H,4-5,10-11,13-15,17H2/t20-,21+,26?/m0/s1. The zero-order valence-electron chi connectivity index (χ0n) is 17.8. The molecule has 1 N–H and O–H groups in total. The largest absolute Gasteiger partial charge is 0.385 e. The highest BCUT2D eigenvalue weighted by Gasteiger charge is 2.50. The van der Waals surface area contributed by atoms with Crippen LogP contribution in [0.3, 0.4) is 0 Å². The van der Waals surface area contributed by atoms with E-state index in [1.54, 1.807) is 0 Å². The van der Waals surface area contributed by atoms with E-state index in [0.717, 1.165) is 55.4 Å². The summed E-state index contributed by atoms with van der Waals surface area (Å²) in [7, 11) is 0. The number of amides is 1. The number of imidazole rings is 1. The molecule has 3 aliphatic rings. The van der Waals surface area contributed by atoms with Crippen LogP contribution in [0.2, 0.25) is 0 Å². The average molecular weight is 416 g/mol. The minimum atomic E-state index is -0.863. The SMILES string of the molecule is O=C(c1nc(C2CC2)n2ccccc12)N1CCC(O)(c2ccccc2)[C@H]2CCCC[C@H]21. The third-order valence-electron chi connectivity index (χ3n) is 7.73. The van der Waals surface area contributed by atoms with E-state index in [4.69, 9.17) is 4.98 Å². The molecule has 0 spiro atoms. The van der Waals surface area contributed by atoms with Crippen molar-refractivity contribution in [2.24, 2.45) is 5.92 Å². The second-order valence-corrected chi connectivity index (χ2v) is 9.55. The molecule has 2 saturated carbocycles. The first kappa shape index (κ1) is 19.1. The molecule has 3 atom stereocenters. The summed E-state index contributed by atoms with van der Waals surface area (Å²) in [5.74, 6) is 1.60. The van der Waals surface area contributed by atoms with Gasteiger partial charge in [-0.1, -0.05) is 49.2 Å². The first-order valence-electron chi connectivity index (χ1n) is 11.7. The van der Waals surface area contributed by atoms with Gasteiger partial charge < -0.3 is 14.4 Å². The zero-order valence-corrected chi connectivity index (χ0v) is 17.8. The number of carbonyl (C=O) groups excluding carboxylic acids is 1. The summed E-state index contributed by atoms with van der Waals surface area (Å²) >= 11 is 0. The second kappa shape index (κ2) is 7.20. The third kappa shape index (κ3) is 3.01. The van der Waals surface area contributed by atoms with Gasteiger partial charge in [-0.3, -0.25) is 4.79 Å². The van der Waals surface area contributed by atoms with E-state index in [-0.39, 0.29) is 17.9 Å². The predicted molar refractivity (Wildman–Crippen MR) is 119 cm³/mol. The van der Waals surface area contributed by atoms with Crippen molar-refractivity contribution in [2.45, 2.75) is 62.5 Å². The Morgan fingerprint density at radius 2 is 1.77 bits per heavy atom. The van der Waals surface area contributed by atoms with Crippen LogP contribution < -0.4 is 0 Å². The number of aromatic nitrogens is 2. The molecule has 2 aliphatic carbocycles. The van der Waals surface area contributed by atoms with Crippen LogP contribution in [0.1, 0.15) is 72.7 Å². The van der Waals surface area contributed by atoms with Crippen molar-refractivity contribution in [3.63, 3.8) is 0 Å². The van der Waals surface area contributed by atoms with E-state index >= 15 is 0 Å². The Morgan fingerprint density at radius 3 is 2.58 bits per heavy atom. The lowest BCUT2D eigenvalue weighted by Crippen LogP contribution is -2.59. The number of rotatable bonds is 3. The molecule has 5 nitrogen and oxygen atoms in total. The molecule has 1 unspecified atom stereocenters. The van der Waals surface area contributed by atoms with Crippen LogP contribution in [0.5, 0.6) is 0 Å². The Bertz CT molecular complexity index is 1120. The summed E-state index contributed by atoms with van der Waals surface area (Å²) in [5, 5.41) is 11.8. The number of benzene rings is 1. The van der Waals surface area contributed by atoms with Gasteiger partial charge in [0.25, 0.3) is 5.91 Å². The first-order chi connectivity index (χ1) is 15.2. The summed E-state index contributed by atoms with van der Waals surface area (Å²) < 4.78 is 2.10. The fourth-order valence-corrected chi connectivity index (χ4v) is 6.01. The van der Waals surface area contributed by atoms with E-state index in [1.807, 2.05) is 59.6 Å². The van der Waals surface area contributed by atoms with Crippen LogP contribution in [0.25, 0.3) is 5.52 Å². The Labute approximate surface area is 182 Å². The van der Waals surface area contributed by atoms with Crippen LogP contribution in [0.4, 0.5) is 0 Å². The van der Waals surface area contributed by atoms with Crippen molar-refractivity contribution in [3.05, 3.63) is 71.8 Å². The molecule has 2 aromatic heterocycles. The molecule has 3 fully saturated rings. The molecule has 6 rings (SSSR count). The molecule has 5 heteroatoms. The van der Waals surface area contributed by atoms with E-state index in [9.17, 15) is 9.90 Å². The molecule has 1 aromatic carbocycles. The highest BCUT2D eigenvalue weighted by molar-refractivity contribution is 5.99. The van der Waals surface area contributed by atoms with Gasteiger partial charge >= 0.3 is 0 Å². The van der Waals surface area contributed by atoms with Gasteiger partial charge in [0.05, 0.1) is 11.1 Å². The lowest BCUT2D eigenvalue weighted by Gasteiger charge is -2.52. The lowest BCUT2D eigenvalue weighted by molar-refractivity contribution is -0.110. The number of hydrogen-bond acceptors (Lipinski definition) is 3. The van der Waals surface area contributed by atoms with Crippen molar-refractivity contribution in [2.75, 3.05) is 6.54 Å². The summed E-state index contributed by atoms with van der Waals surface area (Å²) in [5.41, 5.74) is 1.61. The summed E-state index contributed by atoms with van der Waals surface area (Å²) in [6.07, 6.45) is 9.03. The number of piperidine rings is 1. The van der Waals surface area contributed by atoms with Crippen LogP contribution in [-0.4, -0.2) is 37.9 Å². The molecule has 1 saturated heterocycles. The quantitative estimate of drug-likeness (QED) is 0.685. The van der Waals surface area contributed by atoms with Gasteiger partial charge in [-0.05, 0) is 49.8 Å². The molecular weight excluding hydrogens is 386 g/mol. The Kier molecular flexibility index (Phi) is 4.42. The highest BCUT2D eigenvalue weighted by atomic mass is 16.3. The second-order valence-electron chi connectivity index (χ2n) is 9.55. The highest BCUT2D eigenvalue weighted by Crippen LogP contribution is 2.47. The number of likely N-dealkylation sites (tertiary alicyclic amines) is 1. The molecule has 31 heavy (non-hydrogen) atoms. The van der Waals surface area contributed by atoms with Crippen LogP contribution in [0.15, 0.2) is 54.7 Å². The molecule has 0 bridgehead atoms. The maximum absolute atomic E-state index is 13.8. The van der Waals surface area contributed by atoms with Gasteiger partial charge in [-0.15, -0.1) is 0 Å². The van der Waals surface area contributed by atoms with Gasteiger partial charge in [-0.2, -0.15) is 0 Å². The predicted octanol–water partition coefficient (Wildman–Crippen LogP) is 4.50. The lowest BCUT2D eigenvalue weighted by atomic mass is 9.66. The van der Waals surface area contributed by atoms with Crippen molar-refractivity contribution in [1.29, 1.82) is 0 Å². The normalized spacial score (nSPS) is 28.5. The molecule has 1 amide bonds. The van der Waals surface area contributed by atoms with Crippen molar-refractivity contribution in [3.8, 4) is 0 Å². The number of pyridine rings is 1. The van der Waals surface area contributed by atoms with Crippen molar-refractivity contribution >= 4 is 11.4 Å². The summed E-state index contributed by atoms with van der Waals surface area (Å²) in [6, 6.07) is 16.1. The van der Waals surface area contributed by atoms with Gasteiger partial charge in [0.15, 0.2) is 5.69 Å². The number of nitrogens with zero attached hydrogens (tertiary/aromatic N) is 3. The number of aliphatic hydroxyl groups is 1. The van der Waals surface area contributed by atoms with E-state index in [1.165, 1.54) is 0 Å². The number of fused-ring (bicyclic) bond motifs is 2. The van der Waals surface area contributed by atoms with Crippen LogP contribution >= 0.6 is 0 Å². The average Bonchev–Trinajstić information content (AvgIpc) is 3.60. The molecule has 3 heterocycles. The first-order valence-corrected chi connectivity index (χ1v) is 11.7. The maximum Gasteiger partial charge on any atom is 0.274 e. The van der Waals surface area contributed by atoms with Crippen LogP contribution in [0, 0.1) is 5.92 Å². The monoisotopic (exact) mass is 415 g/mol. The van der Waals surface area contributed by atoms with Crippen molar-refractivity contribution in [1.82, 2.24) is 14.3 Å². The fourth-order valence-electron chi connectivity index (χ4n) is 6.01. The molecule has 3 aromatic rings. The topological polar surface area (TPSA) is 57.8 Å². The molecule has 0 radical (unpaired) electrons. The van der Waals surface area contributed by atoms with E-state index in [2.05, 4.69) is 4.40 Å². The number of hydrogen-bond donors (Lipinski definition) is 1. The minimum absolute atomic E-state index is 0.0302. The molecular formula is C26H29N3O2. The van der Waals surface area contributed by atoms with Gasteiger partial charge in [0.2, 0.25) is 0 Å². The third-order valence-corrected chi connectivity index (χ3v) is 7.73. The summed E-state index contributed by atoms with van der Waals surface area (Å²) in [6.45, 7) is 0.565. The molecule has 160 valence electrons. The Balaban J connectivity index is 1.37. The van der Waals surface area contributed by atoms with Crippen LogP contribution in [-0.2, 0) is 5.60 Å². The minimum Gasteiger partial charge on any atom is -0.385 e. The number of carbonyl (C=O) groups is 1. The van der Waals surface area contributed by atoms with E-state index < -0.39 is 5.60 Å². The Hall–Kier alpha value is -2.66. The zero-order chi connectivity index (χ0) is 21.0. The fraction of sp³-hybridized carbons (Fsp3) is 0.462. The molecule has 1 aliphatic heterocycles. The Morgan fingerprint density at radius 1 is 1.00 bits per heavy atom. The summed E-state index contributed by atoms with van der Waals surface area (Å²) in [4.78, 5) is 20.7. The van der Waals surface area contributed by atoms with Gasteiger partial charge in [0.1, 0.15) is 5.82 Å².